The van der Waals surface area contributed by atoms with Gasteiger partial charge in [0.25, 0.3) is 0 Å². The average Bonchev–Trinajstić information content (AvgIpc) is 3.01. The van der Waals surface area contributed by atoms with Crippen LogP contribution in [0.3, 0.4) is 0 Å². The Kier molecular flexibility index (Phi) is 5.01. The zero-order valence-corrected chi connectivity index (χ0v) is 12.4. The van der Waals surface area contributed by atoms with E-state index < -0.39 is 5.97 Å². The SMILES string of the molecule is COC(=O)c1cnc(NC(=O)C=Cc2ccc(C#N)cc2)s1. The fraction of sp³-hybridized carbons (Fsp3) is 0.0667. The van der Waals surface area contributed by atoms with Crippen LogP contribution in [0.15, 0.2) is 36.5 Å². The van der Waals surface area contributed by atoms with Crippen LogP contribution in [0.1, 0.15) is 20.8 Å². The molecule has 1 N–H and O–H groups in total. The molecule has 1 aromatic heterocycles. The molecule has 0 saturated heterocycles. The van der Waals surface area contributed by atoms with Gasteiger partial charge in [0, 0.05) is 6.08 Å². The summed E-state index contributed by atoms with van der Waals surface area (Å²) in [5, 5.41) is 11.6. The Hall–Kier alpha value is -2.98. The van der Waals surface area contributed by atoms with Gasteiger partial charge in [-0.2, -0.15) is 5.26 Å². The first-order valence-electron chi connectivity index (χ1n) is 6.16. The molecule has 0 aliphatic heterocycles. The lowest BCUT2D eigenvalue weighted by Crippen LogP contribution is -2.07. The van der Waals surface area contributed by atoms with E-state index in [9.17, 15) is 9.59 Å². The molecule has 1 amide bonds. The van der Waals surface area contributed by atoms with E-state index in [0.29, 0.717) is 15.6 Å². The van der Waals surface area contributed by atoms with Crippen LogP contribution in [0.5, 0.6) is 0 Å². The molecular weight excluding hydrogens is 302 g/mol. The van der Waals surface area contributed by atoms with Gasteiger partial charge in [-0.25, -0.2) is 9.78 Å². The molecule has 7 heteroatoms. The van der Waals surface area contributed by atoms with Gasteiger partial charge in [-0.3, -0.25) is 10.1 Å². The van der Waals surface area contributed by atoms with Crippen molar-refractivity contribution in [1.82, 2.24) is 4.98 Å². The number of esters is 1. The quantitative estimate of drug-likeness (QED) is 0.691. The number of ether oxygens (including phenoxy) is 1. The van der Waals surface area contributed by atoms with E-state index >= 15 is 0 Å². The van der Waals surface area contributed by atoms with Crippen LogP contribution in [0.2, 0.25) is 0 Å². The highest BCUT2D eigenvalue weighted by molar-refractivity contribution is 7.17. The van der Waals surface area contributed by atoms with E-state index in [1.807, 2.05) is 6.07 Å². The maximum atomic E-state index is 11.8. The van der Waals surface area contributed by atoms with E-state index in [0.717, 1.165) is 16.9 Å². The number of nitrogens with one attached hydrogen (secondary N) is 1. The number of hydrogen-bond donors (Lipinski definition) is 1. The van der Waals surface area contributed by atoms with Crippen molar-refractivity contribution in [3.63, 3.8) is 0 Å². The number of carbonyl (C=O) groups is 2. The number of thiazole rings is 1. The Labute approximate surface area is 130 Å². The van der Waals surface area contributed by atoms with Gasteiger partial charge in [-0.15, -0.1) is 0 Å². The third-order valence-corrected chi connectivity index (χ3v) is 3.48. The van der Waals surface area contributed by atoms with Crippen LogP contribution in [0, 0.1) is 11.3 Å². The standard InChI is InChI=1S/C15H11N3O3S/c1-21-14(20)12-9-17-15(22-12)18-13(19)7-6-10-2-4-11(8-16)5-3-10/h2-7,9H,1H3,(H,17,18,19). The number of nitrogens with zero attached hydrogens (tertiary/aromatic N) is 2. The van der Waals surface area contributed by atoms with E-state index in [-0.39, 0.29) is 5.91 Å². The third kappa shape index (κ3) is 4.01. The third-order valence-electron chi connectivity index (χ3n) is 2.59. The minimum atomic E-state index is -0.494. The zero-order valence-electron chi connectivity index (χ0n) is 11.6. The van der Waals surface area contributed by atoms with Crippen molar-refractivity contribution in [1.29, 1.82) is 5.26 Å². The summed E-state index contributed by atoms with van der Waals surface area (Å²) in [7, 11) is 1.28. The number of aromatic nitrogens is 1. The van der Waals surface area contributed by atoms with Crippen molar-refractivity contribution in [3.05, 3.63) is 52.5 Å². The Balaban J connectivity index is 1.97. The predicted molar refractivity (Wildman–Crippen MR) is 82.3 cm³/mol. The Bertz CT molecular complexity index is 757. The largest absolute Gasteiger partial charge is 0.465 e. The monoisotopic (exact) mass is 313 g/mol. The number of anilines is 1. The van der Waals surface area contributed by atoms with Gasteiger partial charge in [0.2, 0.25) is 5.91 Å². The Morgan fingerprint density at radius 3 is 2.73 bits per heavy atom. The van der Waals surface area contributed by atoms with E-state index in [1.54, 1.807) is 30.3 Å². The molecule has 0 atom stereocenters. The van der Waals surface area contributed by atoms with E-state index in [4.69, 9.17) is 5.26 Å². The van der Waals surface area contributed by atoms with Gasteiger partial charge in [-0.1, -0.05) is 23.5 Å². The van der Waals surface area contributed by atoms with Gasteiger partial charge in [0.15, 0.2) is 5.13 Å². The van der Waals surface area contributed by atoms with Crippen molar-refractivity contribution in [2.24, 2.45) is 0 Å². The molecule has 2 rings (SSSR count). The maximum absolute atomic E-state index is 11.8. The number of nitriles is 1. The number of methoxy groups -OCH3 is 1. The summed E-state index contributed by atoms with van der Waals surface area (Å²) in [6.07, 6.45) is 4.31. The molecule has 110 valence electrons. The summed E-state index contributed by atoms with van der Waals surface area (Å²) >= 11 is 1.03. The molecule has 0 aliphatic rings. The molecule has 0 unspecified atom stereocenters. The van der Waals surface area contributed by atoms with Crippen molar-refractivity contribution in [3.8, 4) is 6.07 Å². The van der Waals surface area contributed by atoms with Crippen LogP contribution in [0.25, 0.3) is 6.08 Å². The first-order chi connectivity index (χ1) is 10.6. The number of amides is 1. The Morgan fingerprint density at radius 1 is 1.36 bits per heavy atom. The lowest BCUT2D eigenvalue weighted by molar-refractivity contribution is -0.111. The molecule has 0 aliphatic carbocycles. The highest BCUT2D eigenvalue weighted by Gasteiger charge is 2.11. The minimum absolute atomic E-state index is 0.314. The molecule has 0 fully saturated rings. The highest BCUT2D eigenvalue weighted by Crippen LogP contribution is 2.18. The minimum Gasteiger partial charge on any atom is -0.465 e. The van der Waals surface area contributed by atoms with E-state index in [1.165, 1.54) is 19.4 Å². The van der Waals surface area contributed by atoms with Crippen LogP contribution in [0.4, 0.5) is 5.13 Å². The van der Waals surface area contributed by atoms with Crippen LogP contribution >= 0.6 is 11.3 Å². The predicted octanol–water partition coefficient (Wildman–Crippen LogP) is 2.45. The van der Waals surface area contributed by atoms with Crippen molar-refractivity contribution in [2.75, 3.05) is 12.4 Å². The second-order valence-corrected chi connectivity index (χ2v) is 5.11. The van der Waals surface area contributed by atoms with Crippen molar-refractivity contribution in [2.45, 2.75) is 0 Å². The van der Waals surface area contributed by atoms with Gasteiger partial charge in [-0.05, 0) is 23.8 Å². The molecule has 1 heterocycles. The van der Waals surface area contributed by atoms with E-state index in [2.05, 4.69) is 15.0 Å². The first-order valence-corrected chi connectivity index (χ1v) is 6.97. The molecule has 2 aromatic rings. The molecule has 1 aromatic carbocycles. The number of rotatable bonds is 4. The summed E-state index contributed by atoms with van der Waals surface area (Å²) in [4.78, 5) is 27.3. The number of benzene rings is 1. The molecule has 0 bridgehead atoms. The van der Waals surface area contributed by atoms with Gasteiger partial charge in [0.1, 0.15) is 4.88 Å². The highest BCUT2D eigenvalue weighted by atomic mass is 32.1. The van der Waals surface area contributed by atoms with Crippen LogP contribution < -0.4 is 5.32 Å². The van der Waals surface area contributed by atoms with Crippen molar-refractivity contribution >= 4 is 34.4 Å². The zero-order chi connectivity index (χ0) is 15.9. The molecule has 0 radical (unpaired) electrons. The molecule has 22 heavy (non-hydrogen) atoms. The lowest BCUT2D eigenvalue weighted by atomic mass is 10.1. The first kappa shape index (κ1) is 15.4. The van der Waals surface area contributed by atoms with Crippen LogP contribution in [-0.2, 0) is 9.53 Å². The van der Waals surface area contributed by atoms with Crippen LogP contribution in [-0.4, -0.2) is 24.0 Å². The maximum Gasteiger partial charge on any atom is 0.349 e. The summed E-state index contributed by atoms with van der Waals surface area (Å²) in [6, 6.07) is 8.83. The summed E-state index contributed by atoms with van der Waals surface area (Å²) in [5.41, 5.74) is 1.35. The topological polar surface area (TPSA) is 92.1 Å². The van der Waals surface area contributed by atoms with Gasteiger partial charge < -0.3 is 4.74 Å². The molecule has 6 nitrogen and oxygen atoms in total. The second kappa shape index (κ2) is 7.15. The summed E-state index contributed by atoms with van der Waals surface area (Å²) < 4.78 is 4.56. The van der Waals surface area contributed by atoms with Gasteiger partial charge in [0.05, 0.1) is 24.9 Å². The molecular formula is C15H11N3O3S. The summed E-state index contributed by atoms with van der Waals surface area (Å²) in [5.74, 6) is -0.860. The normalized spacial score (nSPS) is 10.2. The smallest absolute Gasteiger partial charge is 0.349 e. The fourth-order valence-corrected chi connectivity index (χ4v) is 2.25. The average molecular weight is 313 g/mol. The second-order valence-electron chi connectivity index (χ2n) is 4.08. The number of carbonyl (C=O) groups excluding carboxylic acids is 2. The van der Waals surface area contributed by atoms with Crippen molar-refractivity contribution < 1.29 is 14.3 Å². The molecule has 0 saturated carbocycles. The molecule has 0 spiro atoms. The lowest BCUT2D eigenvalue weighted by Gasteiger charge is -1.96. The fourth-order valence-electron chi connectivity index (χ4n) is 1.51. The Morgan fingerprint density at radius 2 is 2.09 bits per heavy atom. The summed E-state index contributed by atoms with van der Waals surface area (Å²) in [6.45, 7) is 0. The number of hydrogen-bond acceptors (Lipinski definition) is 6. The van der Waals surface area contributed by atoms with Gasteiger partial charge >= 0.3 is 5.97 Å².